The van der Waals surface area contributed by atoms with Gasteiger partial charge < -0.3 is 9.80 Å². The molecule has 0 aromatic carbocycles. The second kappa shape index (κ2) is 2.96. The van der Waals surface area contributed by atoms with Crippen molar-refractivity contribution in [2.45, 2.75) is 25.3 Å². The molecule has 0 aromatic heterocycles. The van der Waals surface area contributed by atoms with Crippen LogP contribution in [0.15, 0.2) is 0 Å². The molecule has 3 nitrogen and oxygen atoms in total. The Morgan fingerprint density at radius 1 is 1.21 bits per heavy atom. The molecule has 1 saturated carbocycles. The monoisotopic (exact) mass is 194 g/mol. The van der Waals surface area contributed by atoms with Crippen LogP contribution in [0.5, 0.6) is 0 Å². The van der Waals surface area contributed by atoms with E-state index in [0.29, 0.717) is 17.9 Å². The van der Waals surface area contributed by atoms with Gasteiger partial charge in [-0.15, -0.1) is 0 Å². The number of fused-ring (bicyclic) bond motifs is 2. The molecule has 2 aliphatic heterocycles. The minimum absolute atomic E-state index is 0.401. The van der Waals surface area contributed by atoms with Crippen LogP contribution in [0.4, 0.5) is 0 Å². The van der Waals surface area contributed by atoms with Crippen LogP contribution in [-0.4, -0.2) is 48.4 Å². The number of nitrogens with zero attached hydrogens (tertiary/aromatic N) is 2. The zero-order chi connectivity index (χ0) is 9.71. The normalized spacial score (nSPS) is 37.6. The topological polar surface area (TPSA) is 23.6 Å². The molecule has 3 aliphatic rings. The van der Waals surface area contributed by atoms with Gasteiger partial charge in [0.2, 0.25) is 5.91 Å². The van der Waals surface area contributed by atoms with E-state index < -0.39 is 0 Å². The lowest BCUT2D eigenvalue weighted by Gasteiger charge is -2.32. The number of likely N-dealkylation sites (N-methyl/N-ethyl adjacent to an activating group) is 1. The maximum atomic E-state index is 11.9. The van der Waals surface area contributed by atoms with Gasteiger partial charge in [-0.1, -0.05) is 0 Å². The van der Waals surface area contributed by atoms with E-state index in [2.05, 4.69) is 16.8 Å². The van der Waals surface area contributed by atoms with Crippen molar-refractivity contribution in [2.24, 2.45) is 11.8 Å². The van der Waals surface area contributed by atoms with Gasteiger partial charge in [0, 0.05) is 31.6 Å². The first-order valence-corrected chi connectivity index (χ1v) is 5.73. The Balaban J connectivity index is 1.69. The lowest BCUT2D eigenvalue weighted by molar-refractivity contribution is -0.134. The van der Waals surface area contributed by atoms with Crippen molar-refractivity contribution < 1.29 is 4.79 Å². The average Bonchev–Trinajstić information content (AvgIpc) is 2.96. The molecular formula is C11H18N2O. The number of hydrogen-bond donors (Lipinski definition) is 0. The fourth-order valence-electron chi connectivity index (χ4n) is 2.95. The molecule has 0 N–H and O–H groups in total. The molecule has 2 atom stereocenters. The summed E-state index contributed by atoms with van der Waals surface area (Å²) in [5, 5.41) is 0. The van der Waals surface area contributed by atoms with Crippen molar-refractivity contribution in [3.8, 4) is 0 Å². The van der Waals surface area contributed by atoms with Gasteiger partial charge in [0.15, 0.2) is 0 Å². The van der Waals surface area contributed by atoms with Gasteiger partial charge in [-0.25, -0.2) is 0 Å². The summed E-state index contributed by atoms with van der Waals surface area (Å²) in [6, 6.07) is 0.649. The molecule has 0 radical (unpaired) electrons. The number of carbonyl (C=O) groups is 1. The number of carbonyl (C=O) groups excluding carboxylic acids is 1. The molecule has 1 aliphatic carbocycles. The molecule has 14 heavy (non-hydrogen) atoms. The van der Waals surface area contributed by atoms with Crippen LogP contribution >= 0.6 is 0 Å². The van der Waals surface area contributed by atoms with Crippen LogP contribution in [0.25, 0.3) is 0 Å². The molecule has 0 spiro atoms. The molecule has 0 aromatic rings. The Hall–Kier alpha value is -0.570. The largest absolute Gasteiger partial charge is 0.341 e. The zero-order valence-corrected chi connectivity index (χ0v) is 8.78. The van der Waals surface area contributed by atoms with E-state index in [1.165, 1.54) is 13.0 Å². The van der Waals surface area contributed by atoms with Crippen LogP contribution < -0.4 is 0 Å². The van der Waals surface area contributed by atoms with Crippen molar-refractivity contribution in [1.82, 2.24) is 9.80 Å². The lowest BCUT2D eigenvalue weighted by Crippen LogP contribution is -2.45. The fraction of sp³-hybridized carbons (Fsp3) is 0.909. The molecule has 2 bridgehead atoms. The van der Waals surface area contributed by atoms with E-state index in [1.54, 1.807) is 0 Å². The summed E-state index contributed by atoms with van der Waals surface area (Å²) >= 11 is 0. The molecule has 1 amide bonds. The Morgan fingerprint density at radius 2 is 2.00 bits per heavy atom. The summed E-state index contributed by atoms with van der Waals surface area (Å²) in [5.74, 6) is 1.59. The molecule has 3 heteroatoms. The molecular weight excluding hydrogens is 176 g/mol. The minimum atomic E-state index is 0.401. The highest BCUT2D eigenvalue weighted by Crippen LogP contribution is 2.34. The van der Waals surface area contributed by atoms with Crippen molar-refractivity contribution >= 4 is 5.91 Å². The van der Waals surface area contributed by atoms with Crippen molar-refractivity contribution in [3.05, 3.63) is 0 Å². The summed E-state index contributed by atoms with van der Waals surface area (Å²) in [5.41, 5.74) is 0. The number of hydrogen-bond acceptors (Lipinski definition) is 2. The van der Waals surface area contributed by atoms with E-state index in [4.69, 9.17) is 0 Å². The highest BCUT2D eigenvalue weighted by Gasteiger charge is 2.41. The Bertz CT molecular complexity index is 260. The van der Waals surface area contributed by atoms with Gasteiger partial charge in [-0.3, -0.25) is 4.79 Å². The summed E-state index contributed by atoms with van der Waals surface area (Å²) in [4.78, 5) is 16.4. The molecule has 2 saturated heterocycles. The smallest absolute Gasteiger partial charge is 0.225 e. The third kappa shape index (κ3) is 1.34. The quantitative estimate of drug-likeness (QED) is 0.609. The van der Waals surface area contributed by atoms with E-state index in [0.717, 1.165) is 31.8 Å². The second-order valence-electron chi connectivity index (χ2n) is 5.21. The molecule has 3 fully saturated rings. The highest BCUT2D eigenvalue weighted by molar-refractivity contribution is 5.81. The molecule has 0 unspecified atom stereocenters. The predicted octanol–water partition coefficient (Wildman–Crippen LogP) is 0.559. The van der Waals surface area contributed by atoms with Gasteiger partial charge in [0.25, 0.3) is 0 Å². The molecule has 2 heterocycles. The SMILES string of the molecule is CN1C[C@H]2C[C@@H]1CN(C(=O)C1CC1)C2. The first-order chi connectivity index (χ1) is 6.74. The van der Waals surface area contributed by atoms with E-state index >= 15 is 0 Å². The van der Waals surface area contributed by atoms with Crippen LogP contribution in [0.2, 0.25) is 0 Å². The first-order valence-electron chi connectivity index (χ1n) is 5.73. The average molecular weight is 194 g/mol. The maximum absolute atomic E-state index is 11.9. The first kappa shape index (κ1) is 8.72. The highest BCUT2D eigenvalue weighted by atomic mass is 16.2. The molecule has 78 valence electrons. The fourth-order valence-corrected chi connectivity index (χ4v) is 2.95. The van der Waals surface area contributed by atoms with Crippen LogP contribution in [0.1, 0.15) is 19.3 Å². The summed E-state index contributed by atoms with van der Waals surface area (Å²) in [6.45, 7) is 3.21. The van der Waals surface area contributed by atoms with E-state index in [1.807, 2.05) is 0 Å². The standard InChI is InChI=1S/C11H18N2O/c1-12-5-8-4-10(12)7-13(6-8)11(14)9-2-3-9/h8-10H,2-7H2,1H3/t8-,10-/m1/s1. The zero-order valence-electron chi connectivity index (χ0n) is 8.78. The van der Waals surface area contributed by atoms with Gasteiger partial charge in [-0.2, -0.15) is 0 Å². The van der Waals surface area contributed by atoms with Crippen LogP contribution in [0.3, 0.4) is 0 Å². The van der Waals surface area contributed by atoms with Crippen molar-refractivity contribution in [2.75, 3.05) is 26.7 Å². The van der Waals surface area contributed by atoms with Crippen LogP contribution in [0, 0.1) is 11.8 Å². The Morgan fingerprint density at radius 3 is 2.64 bits per heavy atom. The molecule has 3 rings (SSSR count). The van der Waals surface area contributed by atoms with Gasteiger partial charge in [-0.05, 0) is 32.2 Å². The van der Waals surface area contributed by atoms with Crippen molar-refractivity contribution in [3.63, 3.8) is 0 Å². The summed E-state index contributed by atoms with van der Waals surface area (Å²) < 4.78 is 0. The number of rotatable bonds is 1. The number of piperidine rings is 1. The minimum Gasteiger partial charge on any atom is -0.341 e. The number of amides is 1. The summed E-state index contributed by atoms with van der Waals surface area (Å²) in [6.07, 6.45) is 3.59. The second-order valence-corrected chi connectivity index (χ2v) is 5.21. The van der Waals surface area contributed by atoms with Gasteiger partial charge in [0.1, 0.15) is 0 Å². The maximum Gasteiger partial charge on any atom is 0.225 e. The lowest BCUT2D eigenvalue weighted by atomic mass is 9.99. The van der Waals surface area contributed by atoms with Crippen molar-refractivity contribution in [1.29, 1.82) is 0 Å². The predicted molar refractivity (Wildman–Crippen MR) is 53.8 cm³/mol. The van der Waals surface area contributed by atoms with Gasteiger partial charge >= 0.3 is 0 Å². The third-order valence-electron chi connectivity index (χ3n) is 3.92. The van der Waals surface area contributed by atoms with E-state index in [9.17, 15) is 4.79 Å². The third-order valence-corrected chi connectivity index (χ3v) is 3.92. The van der Waals surface area contributed by atoms with E-state index in [-0.39, 0.29) is 0 Å². The Labute approximate surface area is 85.1 Å². The number of likely N-dealkylation sites (tertiary alicyclic amines) is 2. The van der Waals surface area contributed by atoms with Crippen LogP contribution in [-0.2, 0) is 4.79 Å². The van der Waals surface area contributed by atoms with Gasteiger partial charge in [0.05, 0.1) is 0 Å². The Kier molecular flexibility index (Phi) is 1.84. The summed E-state index contributed by atoms with van der Waals surface area (Å²) in [7, 11) is 2.19.